The van der Waals surface area contributed by atoms with Crippen LogP contribution in [0.2, 0.25) is 5.02 Å². The monoisotopic (exact) mass is 435 g/mol. The van der Waals surface area contributed by atoms with Crippen molar-refractivity contribution in [2.24, 2.45) is 0 Å². The van der Waals surface area contributed by atoms with Crippen molar-refractivity contribution in [2.75, 3.05) is 26.3 Å². The van der Waals surface area contributed by atoms with Gasteiger partial charge in [0.2, 0.25) is 5.91 Å². The average molecular weight is 436 g/mol. The molecule has 160 valence electrons. The fourth-order valence-electron chi connectivity index (χ4n) is 3.11. The van der Waals surface area contributed by atoms with E-state index in [-0.39, 0.29) is 31.4 Å². The summed E-state index contributed by atoms with van der Waals surface area (Å²) in [6, 6.07) is 4.79. The average Bonchev–Trinajstić information content (AvgIpc) is 2.71. The number of aromatic amines is 1. The zero-order valence-electron chi connectivity index (χ0n) is 16.6. The Morgan fingerprint density at radius 3 is 2.83 bits per heavy atom. The number of halogens is 1. The Labute approximate surface area is 177 Å². The van der Waals surface area contributed by atoms with Crippen LogP contribution < -0.4 is 16.0 Å². The Hall–Kier alpha value is -2.91. The van der Waals surface area contributed by atoms with Crippen LogP contribution >= 0.6 is 11.6 Å². The van der Waals surface area contributed by atoms with Crippen LogP contribution in [-0.2, 0) is 16.1 Å². The number of carbonyl (C=O) groups excluding carboxylic acids is 2. The van der Waals surface area contributed by atoms with Crippen molar-refractivity contribution in [1.82, 2.24) is 14.5 Å². The Balaban J connectivity index is 1.62. The minimum atomic E-state index is -0.633. The van der Waals surface area contributed by atoms with Gasteiger partial charge in [-0.25, -0.2) is 4.79 Å². The summed E-state index contributed by atoms with van der Waals surface area (Å²) >= 11 is 5.94. The minimum Gasteiger partial charge on any atom is -0.490 e. The van der Waals surface area contributed by atoms with Gasteiger partial charge in [0.15, 0.2) is 5.78 Å². The molecule has 30 heavy (non-hydrogen) atoms. The molecule has 1 aliphatic heterocycles. The third-order valence-corrected chi connectivity index (χ3v) is 4.97. The molecule has 2 aromatic rings. The fraction of sp³-hybridized carbons (Fsp3) is 0.400. The van der Waals surface area contributed by atoms with Gasteiger partial charge in [0.1, 0.15) is 25.0 Å². The predicted molar refractivity (Wildman–Crippen MR) is 109 cm³/mol. The highest BCUT2D eigenvalue weighted by Crippen LogP contribution is 2.24. The third kappa shape index (κ3) is 5.17. The van der Waals surface area contributed by atoms with E-state index in [4.69, 9.17) is 21.1 Å². The SMILES string of the molecule is CC(=O)c1cc(Cl)ccc1OCC1CN(C(=O)Cn2cc(C)c(=O)[nH]c2=O)CCO1. The number of nitrogens with one attached hydrogen (secondary N) is 1. The van der Waals surface area contributed by atoms with Crippen molar-refractivity contribution in [1.29, 1.82) is 0 Å². The van der Waals surface area contributed by atoms with Gasteiger partial charge in [-0.05, 0) is 32.0 Å². The van der Waals surface area contributed by atoms with E-state index in [2.05, 4.69) is 4.98 Å². The number of aryl methyl sites for hydroxylation is 1. The van der Waals surface area contributed by atoms with Gasteiger partial charge in [0, 0.05) is 23.3 Å². The zero-order valence-corrected chi connectivity index (χ0v) is 17.4. The summed E-state index contributed by atoms with van der Waals surface area (Å²) in [5.41, 5.74) is -0.384. The predicted octanol–water partition coefficient (Wildman–Crippen LogP) is 1.01. The van der Waals surface area contributed by atoms with Gasteiger partial charge in [0.25, 0.3) is 5.56 Å². The van der Waals surface area contributed by atoms with E-state index in [0.717, 1.165) is 0 Å². The molecule has 1 amide bonds. The van der Waals surface area contributed by atoms with Gasteiger partial charge in [-0.2, -0.15) is 0 Å². The van der Waals surface area contributed by atoms with Crippen molar-refractivity contribution in [3.8, 4) is 5.75 Å². The first-order valence-electron chi connectivity index (χ1n) is 9.37. The maximum atomic E-state index is 12.6. The lowest BCUT2D eigenvalue weighted by molar-refractivity contribution is -0.140. The molecular weight excluding hydrogens is 414 g/mol. The number of ether oxygens (including phenoxy) is 2. The summed E-state index contributed by atoms with van der Waals surface area (Å²) < 4.78 is 12.6. The summed E-state index contributed by atoms with van der Waals surface area (Å²) in [6.07, 6.45) is 0.969. The molecule has 1 fully saturated rings. The molecule has 1 saturated heterocycles. The van der Waals surface area contributed by atoms with Gasteiger partial charge in [-0.3, -0.25) is 23.9 Å². The number of amides is 1. The topological polar surface area (TPSA) is 111 Å². The normalized spacial score (nSPS) is 16.4. The molecule has 1 aliphatic rings. The second-order valence-corrected chi connectivity index (χ2v) is 7.48. The number of carbonyl (C=O) groups is 2. The number of ketones is 1. The third-order valence-electron chi connectivity index (χ3n) is 4.73. The van der Waals surface area contributed by atoms with E-state index < -0.39 is 17.4 Å². The van der Waals surface area contributed by atoms with E-state index in [1.54, 1.807) is 30.0 Å². The van der Waals surface area contributed by atoms with Crippen LogP contribution in [0.4, 0.5) is 0 Å². The summed E-state index contributed by atoms with van der Waals surface area (Å²) in [5, 5.41) is 0.436. The number of H-pyrrole nitrogens is 1. The Morgan fingerprint density at radius 1 is 1.33 bits per heavy atom. The Bertz CT molecular complexity index is 1080. The van der Waals surface area contributed by atoms with E-state index >= 15 is 0 Å². The van der Waals surface area contributed by atoms with Gasteiger partial charge in [-0.15, -0.1) is 0 Å². The van der Waals surface area contributed by atoms with E-state index in [9.17, 15) is 19.2 Å². The highest BCUT2D eigenvalue weighted by Gasteiger charge is 2.25. The number of Topliss-reactive ketones (excluding diaryl/α,β-unsaturated/α-hetero) is 1. The summed E-state index contributed by atoms with van der Waals surface area (Å²) in [5.74, 6) is -0.0440. The lowest BCUT2D eigenvalue weighted by Crippen LogP contribution is -2.49. The van der Waals surface area contributed by atoms with Crippen LogP contribution in [0, 0.1) is 6.92 Å². The van der Waals surface area contributed by atoms with Crippen LogP contribution in [-0.4, -0.2) is 58.5 Å². The first kappa shape index (κ1) is 21.8. The van der Waals surface area contributed by atoms with Crippen LogP contribution in [0.3, 0.4) is 0 Å². The lowest BCUT2D eigenvalue weighted by atomic mass is 10.1. The second-order valence-electron chi connectivity index (χ2n) is 7.04. The number of hydrogen-bond donors (Lipinski definition) is 1. The maximum Gasteiger partial charge on any atom is 0.328 e. The van der Waals surface area contributed by atoms with Gasteiger partial charge >= 0.3 is 5.69 Å². The molecule has 1 aromatic heterocycles. The number of rotatable bonds is 6. The van der Waals surface area contributed by atoms with Crippen LogP contribution in [0.5, 0.6) is 5.75 Å². The molecule has 0 spiro atoms. The quantitative estimate of drug-likeness (QED) is 0.678. The van der Waals surface area contributed by atoms with Crippen molar-refractivity contribution in [2.45, 2.75) is 26.5 Å². The number of hydrogen-bond acceptors (Lipinski definition) is 6. The van der Waals surface area contributed by atoms with E-state index in [1.165, 1.54) is 17.7 Å². The number of nitrogens with zero attached hydrogens (tertiary/aromatic N) is 2. The van der Waals surface area contributed by atoms with E-state index in [1.807, 2.05) is 0 Å². The molecular formula is C20H22ClN3O6. The highest BCUT2D eigenvalue weighted by molar-refractivity contribution is 6.31. The van der Waals surface area contributed by atoms with E-state index in [0.29, 0.717) is 35.1 Å². The second kappa shape index (κ2) is 9.27. The van der Waals surface area contributed by atoms with Crippen molar-refractivity contribution in [3.05, 3.63) is 61.4 Å². The summed E-state index contributed by atoms with van der Waals surface area (Å²) in [4.78, 5) is 51.6. The van der Waals surface area contributed by atoms with Gasteiger partial charge < -0.3 is 14.4 Å². The smallest absolute Gasteiger partial charge is 0.328 e. The zero-order chi connectivity index (χ0) is 21.8. The number of aromatic nitrogens is 2. The molecule has 1 N–H and O–H groups in total. The molecule has 1 unspecified atom stereocenters. The Kier molecular flexibility index (Phi) is 6.73. The van der Waals surface area contributed by atoms with Gasteiger partial charge in [0.05, 0.1) is 18.7 Å². The molecule has 0 radical (unpaired) electrons. The fourth-order valence-corrected chi connectivity index (χ4v) is 3.29. The molecule has 0 bridgehead atoms. The van der Waals surface area contributed by atoms with Crippen molar-refractivity contribution in [3.63, 3.8) is 0 Å². The van der Waals surface area contributed by atoms with Crippen molar-refractivity contribution < 1.29 is 19.1 Å². The summed E-state index contributed by atoms with van der Waals surface area (Å²) in [6.45, 7) is 3.92. The van der Waals surface area contributed by atoms with Crippen LogP contribution in [0.15, 0.2) is 34.0 Å². The Morgan fingerprint density at radius 2 is 2.10 bits per heavy atom. The van der Waals surface area contributed by atoms with Crippen molar-refractivity contribution >= 4 is 23.3 Å². The first-order chi connectivity index (χ1) is 14.2. The van der Waals surface area contributed by atoms with Gasteiger partial charge in [-0.1, -0.05) is 11.6 Å². The highest BCUT2D eigenvalue weighted by atomic mass is 35.5. The molecule has 0 saturated carbocycles. The number of benzene rings is 1. The molecule has 10 heteroatoms. The minimum absolute atomic E-state index is 0.142. The summed E-state index contributed by atoms with van der Waals surface area (Å²) in [7, 11) is 0. The van der Waals surface area contributed by atoms with Crippen LogP contribution in [0.1, 0.15) is 22.8 Å². The lowest BCUT2D eigenvalue weighted by Gasteiger charge is -2.33. The molecule has 3 rings (SSSR count). The molecule has 1 atom stereocenters. The maximum absolute atomic E-state index is 12.6. The molecule has 9 nitrogen and oxygen atoms in total. The molecule has 0 aliphatic carbocycles. The largest absolute Gasteiger partial charge is 0.490 e. The standard InChI is InChI=1S/C20H22ClN3O6/c1-12-8-24(20(28)22-19(12)27)10-18(26)23-5-6-29-15(9-23)11-30-17-4-3-14(21)7-16(17)13(2)25/h3-4,7-8,15H,5-6,9-11H2,1-2H3,(H,22,27,28). The first-order valence-corrected chi connectivity index (χ1v) is 9.75. The molecule has 2 heterocycles. The van der Waals surface area contributed by atoms with Crippen LogP contribution in [0.25, 0.3) is 0 Å². The molecule has 1 aromatic carbocycles. The number of morpholine rings is 1.